The summed E-state index contributed by atoms with van der Waals surface area (Å²) in [5.74, 6) is 1.46. The molecule has 1 aliphatic rings. The van der Waals surface area contributed by atoms with Crippen LogP contribution in [0.2, 0.25) is 0 Å². The standard InChI is InChI=1S/C13H27NO2/c1-12(2)5-8-15-9-6-14-10-13-4-3-7-16-11-13/h12-14H,3-11H2,1-2H3. The van der Waals surface area contributed by atoms with Gasteiger partial charge in [-0.05, 0) is 31.1 Å². The average molecular weight is 229 g/mol. The van der Waals surface area contributed by atoms with Crippen LogP contribution in [0.3, 0.4) is 0 Å². The van der Waals surface area contributed by atoms with Crippen molar-refractivity contribution in [3.63, 3.8) is 0 Å². The summed E-state index contributed by atoms with van der Waals surface area (Å²) < 4.78 is 11.0. The van der Waals surface area contributed by atoms with E-state index >= 15 is 0 Å². The monoisotopic (exact) mass is 229 g/mol. The molecule has 1 heterocycles. The van der Waals surface area contributed by atoms with Crippen molar-refractivity contribution >= 4 is 0 Å². The minimum atomic E-state index is 0.712. The molecule has 1 saturated heterocycles. The van der Waals surface area contributed by atoms with Crippen molar-refractivity contribution in [3.8, 4) is 0 Å². The molecule has 1 rings (SSSR count). The summed E-state index contributed by atoms with van der Waals surface area (Å²) in [7, 11) is 0. The number of nitrogens with one attached hydrogen (secondary N) is 1. The van der Waals surface area contributed by atoms with Crippen LogP contribution in [0.4, 0.5) is 0 Å². The first kappa shape index (κ1) is 13.9. The molecule has 96 valence electrons. The Balaban J connectivity index is 1.80. The Bertz CT molecular complexity index is 156. The molecule has 0 aromatic rings. The topological polar surface area (TPSA) is 30.5 Å². The Morgan fingerprint density at radius 1 is 1.38 bits per heavy atom. The van der Waals surface area contributed by atoms with Gasteiger partial charge in [-0.15, -0.1) is 0 Å². The van der Waals surface area contributed by atoms with E-state index in [1.54, 1.807) is 0 Å². The van der Waals surface area contributed by atoms with Crippen molar-refractivity contribution in [3.05, 3.63) is 0 Å². The number of hydrogen-bond acceptors (Lipinski definition) is 3. The first-order valence-corrected chi connectivity index (χ1v) is 6.65. The Morgan fingerprint density at radius 2 is 2.25 bits per heavy atom. The first-order valence-electron chi connectivity index (χ1n) is 6.65. The summed E-state index contributed by atoms with van der Waals surface area (Å²) in [5.41, 5.74) is 0. The Hall–Kier alpha value is -0.120. The molecule has 1 N–H and O–H groups in total. The molecule has 1 fully saturated rings. The van der Waals surface area contributed by atoms with Gasteiger partial charge in [-0.1, -0.05) is 13.8 Å². The van der Waals surface area contributed by atoms with Crippen molar-refractivity contribution in [2.24, 2.45) is 11.8 Å². The molecule has 0 amide bonds. The van der Waals surface area contributed by atoms with E-state index in [0.717, 1.165) is 51.9 Å². The van der Waals surface area contributed by atoms with Crippen LogP contribution < -0.4 is 5.32 Å². The molecule has 0 radical (unpaired) electrons. The van der Waals surface area contributed by atoms with Crippen LogP contribution in [0.15, 0.2) is 0 Å². The summed E-state index contributed by atoms with van der Waals surface area (Å²) in [4.78, 5) is 0. The zero-order chi connectivity index (χ0) is 11.6. The molecule has 0 bridgehead atoms. The van der Waals surface area contributed by atoms with E-state index in [1.807, 2.05) is 0 Å². The smallest absolute Gasteiger partial charge is 0.0590 e. The van der Waals surface area contributed by atoms with Gasteiger partial charge in [0.2, 0.25) is 0 Å². The highest BCUT2D eigenvalue weighted by molar-refractivity contribution is 4.65. The van der Waals surface area contributed by atoms with E-state index in [9.17, 15) is 0 Å². The second kappa shape index (κ2) is 8.97. The molecule has 1 unspecified atom stereocenters. The lowest BCUT2D eigenvalue weighted by Gasteiger charge is -2.22. The summed E-state index contributed by atoms with van der Waals surface area (Å²) in [5, 5.41) is 3.44. The molecule has 0 saturated carbocycles. The summed E-state index contributed by atoms with van der Waals surface area (Å²) in [6.07, 6.45) is 3.69. The third kappa shape index (κ3) is 7.20. The highest BCUT2D eigenvalue weighted by atomic mass is 16.5. The number of hydrogen-bond donors (Lipinski definition) is 1. The Labute approximate surface area is 99.9 Å². The molecular weight excluding hydrogens is 202 g/mol. The highest BCUT2D eigenvalue weighted by Gasteiger charge is 2.12. The first-order chi connectivity index (χ1) is 7.79. The van der Waals surface area contributed by atoms with E-state index in [4.69, 9.17) is 9.47 Å². The SMILES string of the molecule is CC(C)CCOCCNCC1CCCOC1. The van der Waals surface area contributed by atoms with Gasteiger partial charge in [0.25, 0.3) is 0 Å². The molecule has 1 aliphatic heterocycles. The third-order valence-corrected chi connectivity index (χ3v) is 2.95. The third-order valence-electron chi connectivity index (χ3n) is 2.95. The van der Waals surface area contributed by atoms with Crippen LogP contribution in [-0.2, 0) is 9.47 Å². The molecule has 0 aromatic heterocycles. The van der Waals surface area contributed by atoms with Gasteiger partial charge in [-0.25, -0.2) is 0 Å². The fraction of sp³-hybridized carbons (Fsp3) is 1.00. The Kier molecular flexibility index (Phi) is 7.81. The molecule has 0 spiro atoms. The lowest BCUT2D eigenvalue weighted by molar-refractivity contribution is 0.0534. The molecule has 0 aromatic carbocycles. The molecule has 16 heavy (non-hydrogen) atoms. The van der Waals surface area contributed by atoms with Crippen LogP contribution in [-0.4, -0.2) is 39.5 Å². The van der Waals surface area contributed by atoms with E-state index in [1.165, 1.54) is 12.8 Å². The lowest BCUT2D eigenvalue weighted by atomic mass is 10.0. The lowest BCUT2D eigenvalue weighted by Crippen LogP contribution is -2.31. The van der Waals surface area contributed by atoms with E-state index in [0.29, 0.717) is 5.92 Å². The average Bonchev–Trinajstić information content (AvgIpc) is 2.29. The minimum absolute atomic E-state index is 0.712. The normalized spacial score (nSPS) is 21.6. The zero-order valence-electron chi connectivity index (χ0n) is 10.8. The second-order valence-corrected chi connectivity index (χ2v) is 5.08. The van der Waals surface area contributed by atoms with Crippen molar-refractivity contribution < 1.29 is 9.47 Å². The van der Waals surface area contributed by atoms with Crippen LogP contribution >= 0.6 is 0 Å². The maximum absolute atomic E-state index is 5.54. The highest BCUT2D eigenvalue weighted by Crippen LogP contribution is 2.11. The van der Waals surface area contributed by atoms with Gasteiger partial charge in [-0.3, -0.25) is 0 Å². The quantitative estimate of drug-likeness (QED) is 0.646. The van der Waals surface area contributed by atoms with Crippen LogP contribution in [0.5, 0.6) is 0 Å². The second-order valence-electron chi connectivity index (χ2n) is 5.08. The van der Waals surface area contributed by atoms with Crippen molar-refractivity contribution in [1.82, 2.24) is 5.32 Å². The van der Waals surface area contributed by atoms with E-state index in [-0.39, 0.29) is 0 Å². The van der Waals surface area contributed by atoms with Gasteiger partial charge in [0.05, 0.1) is 13.2 Å². The van der Waals surface area contributed by atoms with Gasteiger partial charge < -0.3 is 14.8 Å². The van der Waals surface area contributed by atoms with Gasteiger partial charge in [0, 0.05) is 26.3 Å². The molecule has 3 nitrogen and oxygen atoms in total. The maximum Gasteiger partial charge on any atom is 0.0590 e. The molecular formula is C13H27NO2. The van der Waals surface area contributed by atoms with Crippen molar-refractivity contribution in [2.45, 2.75) is 33.1 Å². The maximum atomic E-state index is 5.54. The van der Waals surface area contributed by atoms with Gasteiger partial charge in [0.15, 0.2) is 0 Å². The Morgan fingerprint density at radius 3 is 2.94 bits per heavy atom. The fourth-order valence-corrected chi connectivity index (χ4v) is 1.84. The number of rotatable bonds is 8. The summed E-state index contributed by atoms with van der Waals surface area (Å²) in [6.45, 7) is 10.1. The van der Waals surface area contributed by atoms with Crippen LogP contribution in [0.1, 0.15) is 33.1 Å². The molecule has 0 aliphatic carbocycles. The van der Waals surface area contributed by atoms with E-state index < -0.39 is 0 Å². The van der Waals surface area contributed by atoms with Crippen molar-refractivity contribution in [2.75, 3.05) is 39.5 Å². The molecule has 3 heteroatoms. The van der Waals surface area contributed by atoms with Gasteiger partial charge in [0.1, 0.15) is 0 Å². The predicted octanol–water partition coefficient (Wildman–Crippen LogP) is 2.07. The van der Waals surface area contributed by atoms with Crippen LogP contribution in [0.25, 0.3) is 0 Å². The molecule has 1 atom stereocenters. The number of ether oxygens (including phenoxy) is 2. The van der Waals surface area contributed by atoms with Crippen molar-refractivity contribution in [1.29, 1.82) is 0 Å². The zero-order valence-corrected chi connectivity index (χ0v) is 10.8. The summed E-state index contributed by atoms with van der Waals surface area (Å²) in [6, 6.07) is 0. The van der Waals surface area contributed by atoms with Crippen LogP contribution in [0, 0.1) is 11.8 Å². The minimum Gasteiger partial charge on any atom is -0.381 e. The fourth-order valence-electron chi connectivity index (χ4n) is 1.84. The predicted molar refractivity (Wildman–Crippen MR) is 66.7 cm³/mol. The largest absolute Gasteiger partial charge is 0.381 e. The van der Waals surface area contributed by atoms with Gasteiger partial charge >= 0.3 is 0 Å². The van der Waals surface area contributed by atoms with E-state index in [2.05, 4.69) is 19.2 Å². The summed E-state index contributed by atoms with van der Waals surface area (Å²) >= 11 is 0. The van der Waals surface area contributed by atoms with Gasteiger partial charge in [-0.2, -0.15) is 0 Å².